The van der Waals surface area contributed by atoms with Crippen LogP contribution in [0.2, 0.25) is 0 Å². The molecule has 154 valence electrons. The monoisotopic (exact) mass is 423 g/mol. The Balaban J connectivity index is 0.00000196. The molecular formula is C22H31Cl2N3O. The summed E-state index contributed by atoms with van der Waals surface area (Å²) in [4.78, 5) is 17.1. The van der Waals surface area contributed by atoms with E-state index >= 15 is 0 Å². The summed E-state index contributed by atoms with van der Waals surface area (Å²) in [5.74, 6) is 0.0513. The Labute approximate surface area is 180 Å². The lowest BCUT2D eigenvalue weighted by Crippen LogP contribution is -2.50. The standard InChI is InChI=1S/C22H29N3O.2ClH/c1-24(22(26)21(23)16-18-8-4-2-5-9-18)20-12-14-25(15-13-20)17-19-10-6-3-7-11-19;;/h2-11,20-21H,12-17,23H2,1H3;2*1H/t21-;;/m0../s1. The Morgan fingerprint density at radius 1 is 1.00 bits per heavy atom. The number of likely N-dealkylation sites (tertiary alicyclic amines) is 1. The number of hydrogen-bond donors (Lipinski definition) is 1. The number of carbonyl (C=O) groups excluding carboxylic acids is 1. The van der Waals surface area contributed by atoms with Crippen molar-refractivity contribution < 1.29 is 4.79 Å². The van der Waals surface area contributed by atoms with Crippen molar-refractivity contribution >= 4 is 30.7 Å². The Kier molecular flexibility index (Phi) is 10.5. The maximum absolute atomic E-state index is 12.7. The lowest BCUT2D eigenvalue weighted by molar-refractivity contribution is -0.134. The predicted molar refractivity (Wildman–Crippen MR) is 120 cm³/mol. The van der Waals surface area contributed by atoms with E-state index < -0.39 is 6.04 Å². The van der Waals surface area contributed by atoms with Crippen molar-refractivity contribution in [3.63, 3.8) is 0 Å². The number of benzene rings is 2. The lowest BCUT2D eigenvalue weighted by atomic mass is 10.0. The summed E-state index contributed by atoms with van der Waals surface area (Å²) in [5, 5.41) is 0. The maximum Gasteiger partial charge on any atom is 0.239 e. The van der Waals surface area contributed by atoms with Gasteiger partial charge in [0.2, 0.25) is 5.91 Å². The van der Waals surface area contributed by atoms with Gasteiger partial charge in [0.15, 0.2) is 0 Å². The quantitative estimate of drug-likeness (QED) is 0.772. The van der Waals surface area contributed by atoms with Gasteiger partial charge < -0.3 is 10.6 Å². The number of nitrogens with two attached hydrogens (primary N) is 1. The zero-order valence-corrected chi connectivity index (χ0v) is 18.0. The number of amides is 1. The van der Waals surface area contributed by atoms with Crippen molar-refractivity contribution in [3.8, 4) is 0 Å². The average molecular weight is 424 g/mol. The van der Waals surface area contributed by atoms with Gasteiger partial charge in [0.25, 0.3) is 0 Å². The first-order valence-corrected chi connectivity index (χ1v) is 9.46. The van der Waals surface area contributed by atoms with Crippen LogP contribution in [0.1, 0.15) is 24.0 Å². The van der Waals surface area contributed by atoms with Crippen molar-refractivity contribution in [2.45, 2.75) is 37.9 Å². The van der Waals surface area contributed by atoms with Crippen molar-refractivity contribution in [2.75, 3.05) is 20.1 Å². The molecule has 1 fully saturated rings. The Bertz CT molecular complexity index is 691. The summed E-state index contributed by atoms with van der Waals surface area (Å²) in [6, 6.07) is 20.4. The van der Waals surface area contributed by atoms with Crippen molar-refractivity contribution in [1.82, 2.24) is 9.80 Å². The van der Waals surface area contributed by atoms with Crippen LogP contribution in [0.3, 0.4) is 0 Å². The Morgan fingerprint density at radius 3 is 2.04 bits per heavy atom. The molecule has 0 spiro atoms. The molecule has 28 heavy (non-hydrogen) atoms. The molecule has 1 atom stereocenters. The van der Waals surface area contributed by atoms with Gasteiger partial charge in [-0.1, -0.05) is 60.7 Å². The third kappa shape index (κ3) is 6.78. The van der Waals surface area contributed by atoms with Crippen molar-refractivity contribution in [1.29, 1.82) is 0 Å². The fourth-order valence-corrected chi connectivity index (χ4v) is 3.70. The van der Waals surface area contributed by atoms with E-state index in [1.165, 1.54) is 5.56 Å². The van der Waals surface area contributed by atoms with E-state index in [2.05, 4.69) is 35.2 Å². The molecule has 1 saturated heterocycles. The van der Waals surface area contributed by atoms with Gasteiger partial charge in [-0.25, -0.2) is 0 Å². The van der Waals surface area contributed by atoms with Gasteiger partial charge in [0.05, 0.1) is 6.04 Å². The first-order valence-electron chi connectivity index (χ1n) is 9.46. The van der Waals surface area contributed by atoms with Crippen molar-refractivity contribution in [2.24, 2.45) is 5.73 Å². The van der Waals surface area contributed by atoms with Gasteiger partial charge in [-0.3, -0.25) is 9.69 Å². The van der Waals surface area contributed by atoms with Gasteiger partial charge in [-0.05, 0) is 30.4 Å². The second-order valence-corrected chi connectivity index (χ2v) is 7.24. The molecule has 3 rings (SSSR count). The number of nitrogens with zero attached hydrogens (tertiary/aromatic N) is 2. The highest BCUT2D eigenvalue weighted by Crippen LogP contribution is 2.18. The number of likely N-dealkylation sites (N-methyl/N-ethyl adjacent to an activating group) is 1. The zero-order chi connectivity index (χ0) is 18.4. The Morgan fingerprint density at radius 2 is 1.50 bits per heavy atom. The lowest BCUT2D eigenvalue weighted by Gasteiger charge is -2.37. The molecule has 4 nitrogen and oxygen atoms in total. The van der Waals surface area contributed by atoms with Gasteiger partial charge in [0.1, 0.15) is 0 Å². The van der Waals surface area contributed by atoms with E-state index in [4.69, 9.17) is 5.73 Å². The summed E-state index contributed by atoms with van der Waals surface area (Å²) in [6.45, 7) is 3.02. The van der Waals surface area contributed by atoms with Gasteiger partial charge in [-0.15, -0.1) is 24.8 Å². The summed E-state index contributed by atoms with van der Waals surface area (Å²) in [5.41, 5.74) is 8.64. The molecule has 0 bridgehead atoms. The first-order chi connectivity index (χ1) is 12.6. The molecule has 0 aromatic heterocycles. The van der Waals surface area contributed by atoms with Gasteiger partial charge in [-0.2, -0.15) is 0 Å². The maximum atomic E-state index is 12.7. The fraction of sp³-hybridized carbons (Fsp3) is 0.409. The molecule has 0 unspecified atom stereocenters. The highest BCUT2D eigenvalue weighted by Gasteiger charge is 2.28. The number of carbonyl (C=O) groups is 1. The molecule has 0 radical (unpaired) electrons. The minimum Gasteiger partial charge on any atom is -0.341 e. The van der Waals surface area contributed by atoms with Crippen LogP contribution in [-0.2, 0) is 17.8 Å². The van der Waals surface area contributed by atoms with Crippen LogP contribution < -0.4 is 5.73 Å². The molecule has 1 aliphatic heterocycles. The minimum atomic E-state index is -0.468. The molecule has 2 aromatic rings. The number of halogens is 2. The molecule has 1 amide bonds. The second kappa shape index (κ2) is 12.1. The summed E-state index contributed by atoms with van der Waals surface area (Å²) < 4.78 is 0. The van der Waals surface area contributed by atoms with E-state index in [0.29, 0.717) is 6.42 Å². The Hall–Kier alpha value is -1.59. The highest BCUT2D eigenvalue weighted by atomic mass is 35.5. The van der Waals surface area contributed by atoms with E-state index in [9.17, 15) is 4.79 Å². The molecule has 1 aliphatic rings. The highest BCUT2D eigenvalue weighted by molar-refractivity contribution is 5.85. The molecule has 2 aromatic carbocycles. The molecular weight excluding hydrogens is 393 g/mol. The van der Waals surface area contributed by atoms with E-state index in [-0.39, 0.29) is 36.8 Å². The zero-order valence-electron chi connectivity index (χ0n) is 16.4. The van der Waals surface area contributed by atoms with Crippen LogP contribution in [0, 0.1) is 0 Å². The second-order valence-electron chi connectivity index (χ2n) is 7.24. The van der Waals surface area contributed by atoms with Crippen LogP contribution in [0.4, 0.5) is 0 Å². The predicted octanol–water partition coefficient (Wildman–Crippen LogP) is 3.52. The van der Waals surface area contributed by atoms with E-state index in [0.717, 1.165) is 38.0 Å². The average Bonchev–Trinajstić information content (AvgIpc) is 2.69. The third-order valence-corrected chi connectivity index (χ3v) is 5.32. The van der Waals surface area contributed by atoms with Crippen LogP contribution in [-0.4, -0.2) is 47.9 Å². The number of hydrogen-bond acceptors (Lipinski definition) is 3. The molecule has 6 heteroatoms. The van der Waals surface area contributed by atoms with Crippen LogP contribution in [0.25, 0.3) is 0 Å². The SMILES string of the molecule is CN(C(=O)[C@@H](N)Cc1ccccc1)C1CCN(Cc2ccccc2)CC1.Cl.Cl. The van der Waals surface area contributed by atoms with Crippen LogP contribution in [0.5, 0.6) is 0 Å². The third-order valence-electron chi connectivity index (χ3n) is 5.32. The van der Waals surface area contributed by atoms with Gasteiger partial charge >= 0.3 is 0 Å². The molecule has 0 saturated carbocycles. The summed E-state index contributed by atoms with van der Waals surface area (Å²) >= 11 is 0. The molecule has 0 aliphatic carbocycles. The fourth-order valence-electron chi connectivity index (χ4n) is 3.70. The smallest absolute Gasteiger partial charge is 0.239 e. The van der Waals surface area contributed by atoms with Crippen molar-refractivity contribution in [3.05, 3.63) is 71.8 Å². The van der Waals surface area contributed by atoms with E-state index in [1.54, 1.807) is 0 Å². The number of rotatable bonds is 6. The first kappa shape index (κ1) is 24.4. The number of piperidine rings is 1. The summed E-state index contributed by atoms with van der Waals surface area (Å²) in [7, 11) is 1.91. The normalized spacial score (nSPS) is 15.8. The largest absolute Gasteiger partial charge is 0.341 e. The van der Waals surface area contributed by atoms with Crippen LogP contribution >= 0.6 is 24.8 Å². The van der Waals surface area contributed by atoms with E-state index in [1.807, 2.05) is 42.3 Å². The topological polar surface area (TPSA) is 49.6 Å². The van der Waals surface area contributed by atoms with Gasteiger partial charge in [0, 0.05) is 32.7 Å². The molecule has 1 heterocycles. The van der Waals surface area contributed by atoms with Crippen LogP contribution in [0.15, 0.2) is 60.7 Å². The molecule has 2 N–H and O–H groups in total. The summed E-state index contributed by atoms with van der Waals surface area (Å²) in [6.07, 6.45) is 2.61. The minimum absolute atomic E-state index is 0.